The van der Waals surface area contributed by atoms with Crippen LogP contribution in [-0.2, 0) is 6.04 Å². The summed E-state index contributed by atoms with van der Waals surface area (Å²) in [5.74, 6) is 0. The van der Waals surface area contributed by atoms with Crippen molar-refractivity contribution in [3.8, 4) is 0 Å². The van der Waals surface area contributed by atoms with Crippen LogP contribution >= 0.6 is 0 Å². The second-order valence-corrected chi connectivity index (χ2v) is 6.98. The molecule has 0 fully saturated rings. The summed E-state index contributed by atoms with van der Waals surface area (Å²) >= 11 is 0. The van der Waals surface area contributed by atoms with E-state index < -0.39 is 8.41 Å². The highest BCUT2D eigenvalue weighted by molar-refractivity contribution is 6.77. The summed E-state index contributed by atoms with van der Waals surface area (Å²) in [6.45, 7) is 5.66. The van der Waals surface area contributed by atoms with Gasteiger partial charge < -0.3 is 4.11 Å². The first-order valence-electron chi connectivity index (χ1n) is 5.06. The molecule has 76 valence electrons. The summed E-state index contributed by atoms with van der Waals surface area (Å²) in [5, 5.41) is 0. The van der Waals surface area contributed by atoms with Crippen LogP contribution < -0.4 is 0 Å². The zero-order valence-corrected chi connectivity index (χ0v) is 9.67. The fraction of sp³-hybridized carbons (Fsp3) is 0.333. The average molecular weight is 208 g/mol. The molecule has 0 bridgehead atoms. The Morgan fingerprint density at radius 2 is 2.00 bits per heavy atom. The first-order valence-corrected chi connectivity index (χ1v) is 7.43. The van der Waals surface area contributed by atoms with Crippen molar-refractivity contribution in [1.29, 1.82) is 0 Å². The van der Waals surface area contributed by atoms with Crippen LogP contribution in [0.2, 0.25) is 6.04 Å². The first kappa shape index (κ1) is 11.2. The molecule has 1 unspecified atom stereocenters. The Bertz CT molecular complexity index is 284. The minimum absolute atomic E-state index is 0.575. The van der Waals surface area contributed by atoms with Crippen LogP contribution in [0, 0.1) is 0 Å². The van der Waals surface area contributed by atoms with E-state index in [0.29, 0.717) is 12.1 Å². The van der Waals surface area contributed by atoms with Crippen LogP contribution in [-0.4, -0.2) is 8.41 Å². The molecule has 0 saturated carbocycles. The largest absolute Gasteiger partial charge is 0.308 e. The minimum Gasteiger partial charge on any atom is -0.308 e. The lowest BCUT2D eigenvalue weighted by Gasteiger charge is -2.17. The highest BCUT2D eigenvalue weighted by atomic mass is 28.4. The Morgan fingerprint density at radius 3 is 2.50 bits per heavy atom. The second kappa shape index (κ2) is 5.10. The van der Waals surface area contributed by atoms with Crippen molar-refractivity contribution in [2.24, 2.45) is 0 Å². The molecule has 14 heavy (non-hydrogen) atoms. The first-order chi connectivity index (χ1) is 6.70. The Balaban J connectivity index is 2.70. The maximum atomic E-state index is 14.2. The van der Waals surface area contributed by atoms with Crippen molar-refractivity contribution < 1.29 is 4.11 Å². The Kier molecular flexibility index (Phi) is 4.08. The zero-order chi connectivity index (χ0) is 10.4. The summed E-state index contributed by atoms with van der Waals surface area (Å²) in [6, 6.07) is 11.1. The Labute approximate surface area is 86.7 Å². The predicted octanol–water partition coefficient (Wildman–Crippen LogP) is 3.82. The van der Waals surface area contributed by atoms with Crippen LogP contribution in [0.25, 0.3) is 0 Å². The summed E-state index contributed by atoms with van der Waals surface area (Å²) in [4.78, 5) is 0. The van der Waals surface area contributed by atoms with Gasteiger partial charge in [0.05, 0.1) is 0 Å². The molecule has 0 heterocycles. The van der Waals surface area contributed by atoms with E-state index in [9.17, 15) is 4.11 Å². The van der Waals surface area contributed by atoms with E-state index >= 15 is 0 Å². The molecule has 0 aromatic heterocycles. The van der Waals surface area contributed by atoms with E-state index in [-0.39, 0.29) is 0 Å². The van der Waals surface area contributed by atoms with Crippen LogP contribution in [0.1, 0.15) is 18.9 Å². The van der Waals surface area contributed by atoms with Gasteiger partial charge in [-0.15, -0.1) is 6.58 Å². The van der Waals surface area contributed by atoms with Gasteiger partial charge in [-0.05, 0) is 17.7 Å². The molecule has 1 atom stereocenters. The van der Waals surface area contributed by atoms with E-state index in [2.05, 4.69) is 6.58 Å². The minimum atomic E-state index is -2.70. The van der Waals surface area contributed by atoms with Gasteiger partial charge in [0.25, 0.3) is 8.41 Å². The smallest absolute Gasteiger partial charge is 0.274 e. The van der Waals surface area contributed by atoms with E-state index in [4.69, 9.17) is 0 Å². The fourth-order valence-corrected chi connectivity index (χ4v) is 3.88. The van der Waals surface area contributed by atoms with Crippen LogP contribution in [0.5, 0.6) is 0 Å². The van der Waals surface area contributed by atoms with Crippen molar-refractivity contribution in [1.82, 2.24) is 0 Å². The monoisotopic (exact) mass is 208 g/mol. The molecule has 2 heteroatoms. The lowest BCUT2D eigenvalue weighted by atomic mass is 10.2. The van der Waals surface area contributed by atoms with Gasteiger partial charge in [-0.3, -0.25) is 0 Å². The number of rotatable bonds is 5. The molecule has 0 aliphatic rings. The van der Waals surface area contributed by atoms with Crippen molar-refractivity contribution in [3.63, 3.8) is 0 Å². The highest BCUT2D eigenvalue weighted by Crippen LogP contribution is 2.20. The number of hydrogen-bond donors (Lipinski definition) is 0. The Hall–Kier alpha value is -0.893. The van der Waals surface area contributed by atoms with Crippen molar-refractivity contribution in [3.05, 3.63) is 48.2 Å². The topological polar surface area (TPSA) is 0 Å². The second-order valence-electron chi connectivity index (χ2n) is 3.65. The van der Waals surface area contributed by atoms with Crippen LogP contribution in [0.3, 0.4) is 0 Å². The molecule has 0 N–H and O–H groups in total. The third-order valence-electron chi connectivity index (χ3n) is 2.37. The summed E-state index contributed by atoms with van der Waals surface area (Å²) in [5.41, 5.74) is 2.67. The quantitative estimate of drug-likeness (QED) is 0.510. The molecule has 1 rings (SSSR count). The molecule has 0 nitrogen and oxygen atoms in total. The molecule has 1 aromatic carbocycles. The lowest BCUT2D eigenvalue weighted by Crippen LogP contribution is -2.29. The van der Waals surface area contributed by atoms with E-state index in [1.807, 2.05) is 37.3 Å². The van der Waals surface area contributed by atoms with Crippen LogP contribution in [0.15, 0.2) is 42.6 Å². The lowest BCUT2D eigenvalue weighted by molar-refractivity contribution is 0.762. The number of hydrogen-bond acceptors (Lipinski definition) is 0. The van der Waals surface area contributed by atoms with Gasteiger partial charge in [-0.1, -0.05) is 49.4 Å². The van der Waals surface area contributed by atoms with Crippen LogP contribution in [0.4, 0.5) is 4.11 Å². The van der Waals surface area contributed by atoms with E-state index in [1.54, 1.807) is 5.70 Å². The molecular formula is C12H17FSi. The molecule has 0 aliphatic carbocycles. The van der Waals surface area contributed by atoms with Gasteiger partial charge in [-0.25, -0.2) is 0 Å². The SMILES string of the molecule is C=C[Si](F)(CCC)Cc1ccccc1. The molecular weight excluding hydrogens is 191 g/mol. The zero-order valence-electron chi connectivity index (χ0n) is 8.67. The fourth-order valence-electron chi connectivity index (χ4n) is 1.61. The average Bonchev–Trinajstić information content (AvgIpc) is 2.20. The number of halogens is 1. The van der Waals surface area contributed by atoms with E-state index in [0.717, 1.165) is 12.0 Å². The Morgan fingerprint density at radius 1 is 1.36 bits per heavy atom. The summed E-state index contributed by atoms with van der Waals surface area (Å²) in [7, 11) is -2.70. The van der Waals surface area contributed by atoms with Gasteiger partial charge in [0.2, 0.25) is 0 Å². The standard InChI is InChI=1S/C12H17FSi/c1-3-10-14(13,4-2)11-12-8-6-5-7-9-12/h4-9H,2-3,10-11H2,1H3. The molecule has 0 aliphatic heterocycles. The van der Waals surface area contributed by atoms with Crippen molar-refractivity contribution in [2.45, 2.75) is 25.4 Å². The predicted molar refractivity (Wildman–Crippen MR) is 62.3 cm³/mol. The van der Waals surface area contributed by atoms with Gasteiger partial charge in [-0.2, -0.15) is 0 Å². The molecule has 0 radical (unpaired) electrons. The van der Waals surface area contributed by atoms with Gasteiger partial charge in [0.15, 0.2) is 0 Å². The number of benzene rings is 1. The molecule has 0 spiro atoms. The summed E-state index contributed by atoms with van der Waals surface area (Å²) in [6.07, 6.45) is 0.904. The molecule has 0 amide bonds. The van der Waals surface area contributed by atoms with Gasteiger partial charge >= 0.3 is 0 Å². The van der Waals surface area contributed by atoms with Gasteiger partial charge in [0.1, 0.15) is 0 Å². The van der Waals surface area contributed by atoms with Crippen molar-refractivity contribution in [2.75, 3.05) is 0 Å². The third-order valence-corrected chi connectivity index (χ3v) is 5.43. The third kappa shape index (κ3) is 3.11. The molecule has 1 aromatic rings. The van der Waals surface area contributed by atoms with Gasteiger partial charge in [0, 0.05) is 0 Å². The summed E-state index contributed by atoms with van der Waals surface area (Å²) < 4.78 is 14.2. The maximum absolute atomic E-state index is 14.2. The highest BCUT2D eigenvalue weighted by Gasteiger charge is 2.29. The van der Waals surface area contributed by atoms with Crippen molar-refractivity contribution >= 4 is 8.41 Å². The molecule has 0 saturated heterocycles. The normalized spacial score (nSPS) is 14.7. The maximum Gasteiger partial charge on any atom is 0.274 e. The van der Waals surface area contributed by atoms with E-state index in [1.165, 1.54) is 0 Å².